The van der Waals surface area contributed by atoms with E-state index in [1.807, 2.05) is 0 Å². The quantitative estimate of drug-likeness (QED) is 0.564. The molecule has 0 bridgehead atoms. The molecule has 5 nitrogen and oxygen atoms in total. The minimum absolute atomic E-state index is 0. The van der Waals surface area contributed by atoms with Gasteiger partial charge >= 0.3 is 29.6 Å². The van der Waals surface area contributed by atoms with Crippen LogP contribution in [0.2, 0.25) is 0 Å². The molecular weight excluding hydrogens is 413 g/mol. The second-order valence-corrected chi connectivity index (χ2v) is 12.0. The molecule has 0 saturated heterocycles. The third-order valence-electron chi connectivity index (χ3n) is 10.7. The van der Waals surface area contributed by atoms with Gasteiger partial charge in [-0.1, -0.05) is 20.8 Å². The van der Waals surface area contributed by atoms with E-state index in [2.05, 4.69) is 26.1 Å². The van der Waals surface area contributed by atoms with E-state index in [1.54, 1.807) is 0 Å². The smallest absolute Gasteiger partial charge is 0.548 e. The van der Waals surface area contributed by atoms with Crippen LogP contribution >= 0.6 is 0 Å². The van der Waals surface area contributed by atoms with E-state index < -0.39 is 12.5 Å². The summed E-state index contributed by atoms with van der Waals surface area (Å²) in [5.41, 5.74) is 0.795. The molecule has 4 saturated carbocycles. The average molecular weight is 456 g/mol. The first-order valence-electron chi connectivity index (χ1n) is 12.8. The number of amides is 1. The Labute approximate surface area is 216 Å². The van der Waals surface area contributed by atoms with E-state index in [-0.39, 0.29) is 41.6 Å². The van der Waals surface area contributed by atoms with Crippen LogP contribution < -0.4 is 40.0 Å². The summed E-state index contributed by atoms with van der Waals surface area (Å²) in [6, 6.07) is 0. The Hall–Kier alpha value is -0.100. The predicted molar refractivity (Wildman–Crippen MR) is 118 cm³/mol. The van der Waals surface area contributed by atoms with Crippen LogP contribution in [0, 0.1) is 46.3 Å². The number of carboxylic acids is 1. The molecule has 6 heteroatoms. The van der Waals surface area contributed by atoms with Crippen molar-refractivity contribution in [3.63, 3.8) is 0 Å². The van der Waals surface area contributed by atoms with Gasteiger partial charge < -0.3 is 20.3 Å². The normalized spacial score (nSPS) is 43.8. The number of hydrogen-bond acceptors (Lipinski definition) is 4. The molecule has 4 fully saturated rings. The third kappa shape index (κ3) is 4.83. The Bertz CT molecular complexity index is 701. The molecule has 0 aromatic rings. The van der Waals surface area contributed by atoms with Gasteiger partial charge in [0.15, 0.2) is 0 Å². The summed E-state index contributed by atoms with van der Waals surface area (Å²) in [5, 5.41) is 23.2. The van der Waals surface area contributed by atoms with Crippen molar-refractivity contribution in [3.05, 3.63) is 0 Å². The molecule has 32 heavy (non-hydrogen) atoms. The molecule has 9 atom stereocenters. The SMILES string of the molecule is C[C@H](CCC(=O)NCC(=O)[O-])[C@H]1CCC2C3CCC4C[C@H](O)CC[C@]4(C)C3CC[C@@]21C.[Na+]. The average Bonchev–Trinajstić information content (AvgIpc) is 3.08. The van der Waals surface area contributed by atoms with E-state index in [0.29, 0.717) is 35.0 Å². The largest absolute Gasteiger partial charge is 1.00 e. The van der Waals surface area contributed by atoms with Crippen molar-refractivity contribution in [1.82, 2.24) is 5.32 Å². The fourth-order valence-electron chi connectivity index (χ4n) is 9.03. The number of rotatable bonds is 6. The molecule has 0 aliphatic heterocycles. The van der Waals surface area contributed by atoms with Crippen LogP contribution in [0.25, 0.3) is 0 Å². The Kier molecular flexibility index (Phi) is 8.49. The maximum absolute atomic E-state index is 12.0. The van der Waals surface area contributed by atoms with Gasteiger partial charge in [-0.05, 0) is 111 Å². The fourth-order valence-corrected chi connectivity index (χ4v) is 9.03. The van der Waals surface area contributed by atoms with Crippen molar-refractivity contribution in [2.24, 2.45) is 46.3 Å². The number of carboxylic acid groups (broad SMARTS) is 1. The Morgan fingerprint density at radius 1 is 1.03 bits per heavy atom. The zero-order chi connectivity index (χ0) is 22.4. The fraction of sp³-hybridized carbons (Fsp3) is 0.923. The molecule has 4 rings (SSSR count). The molecule has 0 radical (unpaired) electrons. The van der Waals surface area contributed by atoms with Crippen LogP contribution in [0.4, 0.5) is 0 Å². The summed E-state index contributed by atoms with van der Waals surface area (Å²) in [4.78, 5) is 22.5. The van der Waals surface area contributed by atoms with Gasteiger partial charge in [0.2, 0.25) is 5.91 Å². The Morgan fingerprint density at radius 2 is 1.72 bits per heavy atom. The summed E-state index contributed by atoms with van der Waals surface area (Å²) in [5.74, 6) is 2.89. The molecular formula is C26H42NNaO4. The maximum Gasteiger partial charge on any atom is 1.00 e. The zero-order valence-electron chi connectivity index (χ0n) is 20.7. The number of aliphatic hydroxyl groups excluding tert-OH is 1. The topological polar surface area (TPSA) is 89.5 Å². The van der Waals surface area contributed by atoms with E-state index in [1.165, 1.54) is 44.9 Å². The number of carbonyl (C=O) groups excluding carboxylic acids is 2. The van der Waals surface area contributed by atoms with Crippen LogP contribution in [-0.2, 0) is 9.59 Å². The number of nitrogens with one attached hydrogen (secondary N) is 1. The first-order chi connectivity index (χ1) is 14.6. The third-order valence-corrected chi connectivity index (χ3v) is 10.7. The van der Waals surface area contributed by atoms with E-state index in [4.69, 9.17) is 0 Å². The summed E-state index contributed by atoms with van der Waals surface area (Å²) in [7, 11) is 0. The van der Waals surface area contributed by atoms with E-state index in [0.717, 1.165) is 37.0 Å². The van der Waals surface area contributed by atoms with Crippen molar-refractivity contribution in [3.8, 4) is 0 Å². The summed E-state index contributed by atoms with van der Waals surface area (Å²) in [6.45, 7) is 6.99. The monoisotopic (exact) mass is 455 g/mol. The second kappa shape index (κ2) is 10.3. The molecule has 4 unspecified atom stereocenters. The van der Waals surface area contributed by atoms with Crippen molar-refractivity contribution >= 4 is 11.9 Å². The predicted octanol–water partition coefficient (Wildman–Crippen LogP) is 0.293. The van der Waals surface area contributed by atoms with Gasteiger partial charge in [0.05, 0.1) is 18.6 Å². The second-order valence-electron chi connectivity index (χ2n) is 12.0. The van der Waals surface area contributed by atoms with Crippen LogP contribution in [0.5, 0.6) is 0 Å². The molecule has 0 aromatic heterocycles. The van der Waals surface area contributed by atoms with Gasteiger partial charge in [-0.25, -0.2) is 0 Å². The minimum atomic E-state index is -1.24. The van der Waals surface area contributed by atoms with E-state index in [9.17, 15) is 19.8 Å². The standard InChI is InChI=1S/C26H43NO4.Na/c1-16(4-9-23(29)27-15-24(30)31)20-7-8-21-19-6-5-17-14-18(28)10-12-25(17,2)22(19)11-13-26(20,21)3;/h16-22,28H,4-15H2,1-3H3,(H,27,29)(H,30,31);/q;+1/p-1/t16-,17?,18-,19?,20-,21?,22?,25+,26-;/m1./s1. The van der Waals surface area contributed by atoms with Crippen LogP contribution in [0.3, 0.4) is 0 Å². The number of aliphatic hydroxyl groups is 1. The van der Waals surface area contributed by atoms with Crippen molar-refractivity contribution in [2.45, 2.75) is 97.5 Å². The van der Waals surface area contributed by atoms with Gasteiger partial charge in [-0.2, -0.15) is 0 Å². The van der Waals surface area contributed by atoms with Crippen LogP contribution in [-0.4, -0.2) is 29.6 Å². The summed E-state index contributed by atoms with van der Waals surface area (Å²) < 4.78 is 0. The Morgan fingerprint density at radius 3 is 2.44 bits per heavy atom. The van der Waals surface area contributed by atoms with Gasteiger partial charge in [0.1, 0.15) is 0 Å². The number of carbonyl (C=O) groups is 2. The summed E-state index contributed by atoms with van der Waals surface area (Å²) in [6.07, 6.45) is 12.2. The van der Waals surface area contributed by atoms with Gasteiger partial charge in [-0.3, -0.25) is 4.79 Å². The molecule has 4 aliphatic carbocycles. The molecule has 176 valence electrons. The molecule has 4 aliphatic rings. The number of hydrogen-bond donors (Lipinski definition) is 2. The van der Waals surface area contributed by atoms with E-state index >= 15 is 0 Å². The summed E-state index contributed by atoms with van der Waals surface area (Å²) >= 11 is 0. The van der Waals surface area contributed by atoms with Gasteiger partial charge in [0, 0.05) is 6.42 Å². The zero-order valence-corrected chi connectivity index (χ0v) is 22.7. The first-order valence-corrected chi connectivity index (χ1v) is 12.8. The molecule has 2 N–H and O–H groups in total. The van der Waals surface area contributed by atoms with Gasteiger partial charge in [-0.15, -0.1) is 0 Å². The number of aliphatic carboxylic acids is 1. The van der Waals surface area contributed by atoms with Crippen LogP contribution in [0.1, 0.15) is 91.4 Å². The maximum atomic E-state index is 12.0. The Balaban J connectivity index is 0.00000289. The first kappa shape index (κ1) is 26.5. The van der Waals surface area contributed by atoms with Gasteiger partial charge in [0.25, 0.3) is 0 Å². The molecule has 0 heterocycles. The molecule has 1 amide bonds. The number of fused-ring (bicyclic) bond motifs is 5. The van der Waals surface area contributed by atoms with Crippen molar-refractivity contribution in [2.75, 3.05) is 6.54 Å². The minimum Gasteiger partial charge on any atom is -0.548 e. The van der Waals surface area contributed by atoms with Crippen LogP contribution in [0.15, 0.2) is 0 Å². The molecule has 0 spiro atoms. The molecule has 0 aromatic carbocycles. The van der Waals surface area contributed by atoms with Crippen molar-refractivity contribution in [1.29, 1.82) is 0 Å². The van der Waals surface area contributed by atoms with Crippen molar-refractivity contribution < 1.29 is 49.4 Å².